The molecule has 4 rings (SSSR count). The molecule has 2 amide bonds. The molecule has 4 aromatic heterocycles. The Bertz CT molecular complexity index is 1460. The van der Waals surface area contributed by atoms with Gasteiger partial charge >= 0.3 is 6.09 Å². The third-order valence-corrected chi connectivity index (χ3v) is 5.45. The van der Waals surface area contributed by atoms with Crippen LogP contribution in [0.1, 0.15) is 43.7 Å². The minimum absolute atomic E-state index is 0.0776. The van der Waals surface area contributed by atoms with Crippen molar-refractivity contribution in [2.24, 2.45) is 0 Å². The predicted octanol–water partition coefficient (Wildman–Crippen LogP) is 3.32. The van der Waals surface area contributed by atoms with E-state index >= 15 is 0 Å². The molecule has 0 saturated heterocycles. The van der Waals surface area contributed by atoms with Crippen molar-refractivity contribution in [2.45, 2.75) is 45.9 Å². The maximum Gasteiger partial charge on any atom is 0.414 e. The van der Waals surface area contributed by atoms with Crippen LogP contribution in [-0.4, -0.2) is 61.3 Å². The van der Waals surface area contributed by atoms with Crippen molar-refractivity contribution in [3.8, 4) is 0 Å². The van der Waals surface area contributed by atoms with Gasteiger partial charge in [-0.15, -0.1) is 0 Å². The zero-order valence-electron chi connectivity index (χ0n) is 21.2. The molecule has 0 aromatic carbocycles. The van der Waals surface area contributed by atoms with Crippen LogP contribution in [0.15, 0.2) is 36.9 Å². The number of imidazole rings is 2. The number of carbonyl (C=O) groups is 2. The standard InChI is InChI=1S/C24H29ClN8O4/c1-14(12-36-13-15-8-16(26)11-32-7-6-27-20(15)32)29-22(34)18-10-28-21-17(9-19(25)30-33(18)21)31(5)23(35)37-24(2,3)4/h6-11,14H,12-13,26H2,1-5H3,(H,29,34). The van der Waals surface area contributed by atoms with E-state index in [0.717, 1.165) is 11.2 Å². The molecule has 0 bridgehead atoms. The number of amides is 2. The maximum absolute atomic E-state index is 13.0. The number of nitrogens with two attached hydrogens (primary N) is 1. The van der Waals surface area contributed by atoms with Crippen molar-refractivity contribution in [1.82, 2.24) is 29.3 Å². The number of aromatic nitrogens is 5. The number of nitrogen functional groups attached to an aromatic ring is 1. The molecule has 12 nitrogen and oxygen atoms in total. The van der Waals surface area contributed by atoms with Crippen LogP contribution in [0.25, 0.3) is 11.3 Å². The molecule has 3 N–H and O–H groups in total. The third-order valence-electron chi connectivity index (χ3n) is 5.27. The highest BCUT2D eigenvalue weighted by molar-refractivity contribution is 6.29. The minimum Gasteiger partial charge on any atom is -0.443 e. The number of hydrogen-bond donors (Lipinski definition) is 2. The van der Waals surface area contributed by atoms with E-state index in [9.17, 15) is 9.59 Å². The fraction of sp³-hybridized carbons (Fsp3) is 0.375. The maximum atomic E-state index is 13.0. The van der Waals surface area contributed by atoms with Gasteiger partial charge in [0.25, 0.3) is 5.91 Å². The highest BCUT2D eigenvalue weighted by Crippen LogP contribution is 2.25. The van der Waals surface area contributed by atoms with Gasteiger partial charge in [-0.3, -0.25) is 9.69 Å². The van der Waals surface area contributed by atoms with Gasteiger partial charge in [-0.1, -0.05) is 11.6 Å². The van der Waals surface area contributed by atoms with Gasteiger partial charge in [0.2, 0.25) is 0 Å². The molecule has 37 heavy (non-hydrogen) atoms. The van der Waals surface area contributed by atoms with Crippen molar-refractivity contribution in [2.75, 3.05) is 24.3 Å². The molecular weight excluding hydrogens is 500 g/mol. The van der Waals surface area contributed by atoms with E-state index in [1.54, 1.807) is 33.2 Å². The van der Waals surface area contributed by atoms with Gasteiger partial charge in [-0.05, 0) is 33.8 Å². The van der Waals surface area contributed by atoms with E-state index in [0.29, 0.717) is 11.4 Å². The van der Waals surface area contributed by atoms with Gasteiger partial charge in [-0.25, -0.2) is 19.3 Å². The van der Waals surface area contributed by atoms with E-state index in [-0.39, 0.29) is 35.7 Å². The van der Waals surface area contributed by atoms with Crippen LogP contribution in [0.4, 0.5) is 16.2 Å². The average Bonchev–Trinajstić information content (AvgIpc) is 3.43. The third kappa shape index (κ3) is 5.92. The van der Waals surface area contributed by atoms with Crippen molar-refractivity contribution < 1.29 is 19.1 Å². The van der Waals surface area contributed by atoms with Crippen molar-refractivity contribution in [1.29, 1.82) is 0 Å². The zero-order chi connectivity index (χ0) is 26.9. The lowest BCUT2D eigenvalue weighted by Crippen LogP contribution is -2.36. The molecule has 1 unspecified atom stereocenters. The number of fused-ring (bicyclic) bond motifs is 2. The molecule has 0 radical (unpaired) electrons. The first-order valence-electron chi connectivity index (χ1n) is 11.5. The van der Waals surface area contributed by atoms with E-state index in [1.807, 2.05) is 23.6 Å². The van der Waals surface area contributed by atoms with Gasteiger partial charge in [-0.2, -0.15) is 5.10 Å². The number of ether oxygens (including phenoxy) is 2. The summed E-state index contributed by atoms with van der Waals surface area (Å²) in [5.41, 5.74) is 8.23. The summed E-state index contributed by atoms with van der Waals surface area (Å²) in [6.07, 6.45) is 6.06. The summed E-state index contributed by atoms with van der Waals surface area (Å²) >= 11 is 6.21. The van der Waals surface area contributed by atoms with E-state index < -0.39 is 17.6 Å². The Hall–Kier alpha value is -3.90. The Labute approximate surface area is 218 Å². The number of anilines is 2. The lowest BCUT2D eigenvalue weighted by molar-refractivity contribution is 0.0589. The van der Waals surface area contributed by atoms with Crippen LogP contribution in [0.2, 0.25) is 5.15 Å². The number of pyridine rings is 1. The summed E-state index contributed by atoms with van der Waals surface area (Å²) in [5, 5.41) is 7.15. The molecule has 13 heteroatoms. The topological polar surface area (TPSA) is 141 Å². The Balaban J connectivity index is 1.44. The molecule has 0 aliphatic heterocycles. The minimum atomic E-state index is -0.686. The van der Waals surface area contributed by atoms with Gasteiger partial charge in [0.05, 0.1) is 25.1 Å². The van der Waals surface area contributed by atoms with E-state index in [2.05, 4.69) is 20.4 Å². The lowest BCUT2D eigenvalue weighted by atomic mass is 10.2. The van der Waals surface area contributed by atoms with Crippen molar-refractivity contribution in [3.05, 3.63) is 53.3 Å². The highest BCUT2D eigenvalue weighted by atomic mass is 35.5. The normalized spacial score (nSPS) is 12.6. The number of rotatable bonds is 7. The van der Waals surface area contributed by atoms with Crippen LogP contribution in [0, 0.1) is 0 Å². The molecule has 1 atom stereocenters. The molecule has 0 aliphatic rings. The number of nitrogens with zero attached hydrogens (tertiary/aromatic N) is 6. The molecule has 4 heterocycles. The van der Waals surface area contributed by atoms with Crippen LogP contribution >= 0.6 is 11.6 Å². The number of hydrogen-bond acceptors (Lipinski definition) is 8. The predicted molar refractivity (Wildman–Crippen MR) is 139 cm³/mol. The monoisotopic (exact) mass is 528 g/mol. The van der Waals surface area contributed by atoms with Gasteiger partial charge in [0.1, 0.15) is 11.2 Å². The molecule has 4 aromatic rings. The highest BCUT2D eigenvalue weighted by Gasteiger charge is 2.25. The van der Waals surface area contributed by atoms with Gasteiger partial charge in [0, 0.05) is 49.0 Å². The molecule has 0 saturated carbocycles. The summed E-state index contributed by atoms with van der Waals surface area (Å²) in [7, 11) is 1.53. The van der Waals surface area contributed by atoms with E-state index in [1.165, 1.54) is 28.7 Å². The van der Waals surface area contributed by atoms with Crippen LogP contribution < -0.4 is 16.0 Å². The molecule has 0 fully saturated rings. The number of carbonyl (C=O) groups excluding carboxylic acids is 2. The quantitative estimate of drug-likeness (QED) is 0.372. The first-order valence-corrected chi connectivity index (χ1v) is 11.9. The number of nitrogens with one attached hydrogen (secondary N) is 1. The summed E-state index contributed by atoms with van der Waals surface area (Å²) in [4.78, 5) is 35.5. The Morgan fingerprint density at radius 2 is 2.00 bits per heavy atom. The zero-order valence-corrected chi connectivity index (χ0v) is 22.0. The van der Waals surface area contributed by atoms with Gasteiger partial charge in [0.15, 0.2) is 16.5 Å². The molecule has 0 spiro atoms. The molecule has 196 valence electrons. The Morgan fingerprint density at radius 1 is 1.24 bits per heavy atom. The van der Waals surface area contributed by atoms with Crippen LogP contribution in [-0.2, 0) is 16.1 Å². The first kappa shape index (κ1) is 26.2. The summed E-state index contributed by atoms with van der Waals surface area (Å²) in [6, 6.07) is 2.96. The SMILES string of the molecule is CC(COCc1cc(N)cn2ccnc12)NC(=O)c1cnc2c(N(C)C(=O)OC(C)(C)C)cc(Cl)nn12. The summed E-state index contributed by atoms with van der Waals surface area (Å²) in [5.74, 6) is -0.427. The fourth-order valence-corrected chi connectivity index (χ4v) is 3.85. The number of halogens is 1. The fourth-order valence-electron chi connectivity index (χ4n) is 3.67. The largest absolute Gasteiger partial charge is 0.443 e. The first-order chi connectivity index (χ1) is 17.4. The smallest absolute Gasteiger partial charge is 0.414 e. The summed E-state index contributed by atoms with van der Waals surface area (Å²) in [6.45, 7) is 7.63. The molecule has 0 aliphatic carbocycles. The second kappa shape index (κ2) is 10.2. The van der Waals surface area contributed by atoms with Crippen LogP contribution in [0.3, 0.4) is 0 Å². The second-order valence-electron chi connectivity index (χ2n) is 9.62. The van der Waals surface area contributed by atoms with Crippen LogP contribution in [0.5, 0.6) is 0 Å². The Kier molecular flexibility index (Phi) is 7.23. The molecular formula is C24H29ClN8O4. The Morgan fingerprint density at radius 3 is 2.73 bits per heavy atom. The average molecular weight is 529 g/mol. The second-order valence-corrected chi connectivity index (χ2v) is 10.0. The van der Waals surface area contributed by atoms with Gasteiger partial charge < -0.3 is 24.9 Å². The van der Waals surface area contributed by atoms with Crippen molar-refractivity contribution in [3.63, 3.8) is 0 Å². The van der Waals surface area contributed by atoms with E-state index in [4.69, 9.17) is 26.8 Å². The lowest BCUT2D eigenvalue weighted by Gasteiger charge is -2.24. The summed E-state index contributed by atoms with van der Waals surface area (Å²) < 4.78 is 14.4. The van der Waals surface area contributed by atoms with Crippen molar-refractivity contribution >= 4 is 46.3 Å².